The zero-order valence-electron chi connectivity index (χ0n) is 11.7. The van der Waals surface area contributed by atoms with Gasteiger partial charge in [-0.05, 0) is 26.0 Å². The van der Waals surface area contributed by atoms with Gasteiger partial charge in [0.25, 0.3) is 0 Å². The number of anilines is 2. The predicted molar refractivity (Wildman–Crippen MR) is 76.6 cm³/mol. The molecule has 0 aliphatic carbocycles. The molecule has 0 radical (unpaired) electrons. The summed E-state index contributed by atoms with van der Waals surface area (Å²) < 4.78 is 4.98. The van der Waals surface area contributed by atoms with Crippen LogP contribution in [0.5, 0.6) is 0 Å². The number of benzene rings is 1. The maximum Gasteiger partial charge on any atom is 0.340 e. The van der Waals surface area contributed by atoms with Crippen molar-refractivity contribution in [2.24, 2.45) is 0 Å². The van der Waals surface area contributed by atoms with Crippen molar-refractivity contribution in [2.75, 3.05) is 30.3 Å². The molecular weight excluding hydrogens is 258 g/mol. The highest BCUT2D eigenvalue weighted by Gasteiger charge is 2.28. The van der Waals surface area contributed by atoms with Crippen molar-refractivity contribution in [3.63, 3.8) is 0 Å². The lowest BCUT2D eigenvalue weighted by atomic mass is 10.1. The molecule has 1 fully saturated rings. The fourth-order valence-electron chi connectivity index (χ4n) is 2.30. The molecule has 108 valence electrons. The van der Waals surface area contributed by atoms with Gasteiger partial charge in [0.2, 0.25) is 5.91 Å². The van der Waals surface area contributed by atoms with E-state index in [1.165, 1.54) is 0 Å². The first-order valence-corrected chi connectivity index (χ1v) is 6.66. The predicted octanol–water partition coefficient (Wildman–Crippen LogP) is 0.770. The van der Waals surface area contributed by atoms with E-state index in [4.69, 9.17) is 10.5 Å². The summed E-state index contributed by atoms with van der Waals surface area (Å²) in [5, 5.41) is 2.80. The Balaban J connectivity index is 2.35. The lowest BCUT2D eigenvalue weighted by molar-refractivity contribution is -0.122. The van der Waals surface area contributed by atoms with Crippen LogP contribution in [-0.4, -0.2) is 37.6 Å². The minimum absolute atomic E-state index is 0.0443. The number of nitrogens with zero attached hydrogens (tertiary/aromatic N) is 1. The first-order chi connectivity index (χ1) is 9.56. The molecule has 6 heteroatoms. The Bertz CT molecular complexity index is 530. The summed E-state index contributed by atoms with van der Waals surface area (Å²) in [6, 6.07) is 4.87. The van der Waals surface area contributed by atoms with E-state index in [-0.39, 0.29) is 11.9 Å². The Morgan fingerprint density at radius 1 is 1.55 bits per heavy atom. The summed E-state index contributed by atoms with van der Waals surface area (Å²) in [6.45, 7) is 5.07. The van der Waals surface area contributed by atoms with Crippen molar-refractivity contribution in [2.45, 2.75) is 19.9 Å². The third-order valence-corrected chi connectivity index (χ3v) is 3.39. The molecule has 1 saturated heterocycles. The van der Waals surface area contributed by atoms with E-state index < -0.39 is 5.97 Å². The fourth-order valence-corrected chi connectivity index (χ4v) is 2.30. The molecule has 1 unspecified atom stereocenters. The second-order valence-corrected chi connectivity index (χ2v) is 4.62. The van der Waals surface area contributed by atoms with Gasteiger partial charge in [0, 0.05) is 13.1 Å². The van der Waals surface area contributed by atoms with Gasteiger partial charge in [-0.3, -0.25) is 4.79 Å². The molecule has 0 aromatic heterocycles. The summed E-state index contributed by atoms with van der Waals surface area (Å²) in [6.07, 6.45) is 0. The van der Waals surface area contributed by atoms with E-state index in [9.17, 15) is 9.59 Å². The van der Waals surface area contributed by atoms with Crippen molar-refractivity contribution in [1.29, 1.82) is 0 Å². The number of esters is 1. The van der Waals surface area contributed by atoms with Crippen LogP contribution in [0.1, 0.15) is 24.2 Å². The van der Waals surface area contributed by atoms with Gasteiger partial charge >= 0.3 is 5.97 Å². The number of piperazine rings is 1. The molecule has 1 aromatic carbocycles. The molecule has 1 aromatic rings. The average Bonchev–Trinajstić information content (AvgIpc) is 2.43. The van der Waals surface area contributed by atoms with Gasteiger partial charge in [-0.1, -0.05) is 6.07 Å². The topological polar surface area (TPSA) is 84.7 Å². The summed E-state index contributed by atoms with van der Waals surface area (Å²) in [5.41, 5.74) is 7.46. The van der Waals surface area contributed by atoms with E-state index in [2.05, 4.69) is 5.32 Å². The van der Waals surface area contributed by atoms with Gasteiger partial charge in [-0.2, -0.15) is 0 Å². The zero-order valence-corrected chi connectivity index (χ0v) is 11.7. The van der Waals surface area contributed by atoms with Crippen LogP contribution in [0.25, 0.3) is 0 Å². The Labute approximate surface area is 117 Å². The molecule has 0 bridgehead atoms. The van der Waals surface area contributed by atoms with Gasteiger partial charge < -0.3 is 20.7 Å². The monoisotopic (exact) mass is 277 g/mol. The molecule has 1 aliphatic rings. The molecule has 20 heavy (non-hydrogen) atoms. The highest BCUT2D eigenvalue weighted by Crippen LogP contribution is 2.29. The summed E-state index contributed by atoms with van der Waals surface area (Å²) in [5.74, 6) is -0.488. The zero-order chi connectivity index (χ0) is 14.7. The Kier molecular flexibility index (Phi) is 4.12. The van der Waals surface area contributed by atoms with Crippen LogP contribution in [0.15, 0.2) is 18.2 Å². The number of carbonyl (C=O) groups excluding carboxylic acids is 2. The second-order valence-electron chi connectivity index (χ2n) is 4.62. The number of hydrogen-bond acceptors (Lipinski definition) is 5. The van der Waals surface area contributed by atoms with Crippen LogP contribution in [0.3, 0.4) is 0 Å². The molecule has 3 N–H and O–H groups in total. The van der Waals surface area contributed by atoms with Crippen LogP contribution in [0.2, 0.25) is 0 Å². The SMILES string of the molecule is CCOC(=O)c1cccc(N2CCNC(=O)C2C)c1N. The van der Waals surface area contributed by atoms with Crippen molar-refractivity contribution in [1.82, 2.24) is 5.32 Å². The normalized spacial score (nSPS) is 18.6. The Morgan fingerprint density at radius 3 is 3.00 bits per heavy atom. The third-order valence-electron chi connectivity index (χ3n) is 3.39. The lowest BCUT2D eigenvalue weighted by Crippen LogP contribution is -2.54. The lowest BCUT2D eigenvalue weighted by Gasteiger charge is -2.35. The van der Waals surface area contributed by atoms with Crippen molar-refractivity contribution in [3.05, 3.63) is 23.8 Å². The van der Waals surface area contributed by atoms with E-state index in [0.717, 1.165) is 0 Å². The van der Waals surface area contributed by atoms with Crippen molar-refractivity contribution < 1.29 is 14.3 Å². The maximum atomic E-state index is 11.8. The molecule has 6 nitrogen and oxygen atoms in total. The molecular formula is C14H19N3O3. The number of amides is 1. The number of ether oxygens (including phenoxy) is 1. The number of hydrogen-bond donors (Lipinski definition) is 2. The molecule has 0 saturated carbocycles. The van der Waals surface area contributed by atoms with Crippen LogP contribution in [0.4, 0.5) is 11.4 Å². The van der Waals surface area contributed by atoms with Crippen LogP contribution in [-0.2, 0) is 9.53 Å². The Hall–Kier alpha value is -2.24. The van der Waals surface area contributed by atoms with Gasteiger partial charge in [0.15, 0.2) is 0 Å². The van der Waals surface area contributed by atoms with Gasteiger partial charge in [-0.25, -0.2) is 4.79 Å². The molecule has 2 rings (SSSR count). The highest BCUT2D eigenvalue weighted by molar-refractivity contribution is 5.99. The number of nitrogen functional groups attached to an aromatic ring is 1. The largest absolute Gasteiger partial charge is 0.462 e. The number of rotatable bonds is 3. The standard InChI is InChI=1S/C14H19N3O3/c1-3-20-14(19)10-5-4-6-11(12(10)15)17-8-7-16-13(18)9(17)2/h4-6,9H,3,7-8,15H2,1-2H3,(H,16,18). The molecule has 1 heterocycles. The molecule has 0 spiro atoms. The van der Waals surface area contributed by atoms with Crippen LogP contribution < -0.4 is 16.0 Å². The van der Waals surface area contributed by atoms with Crippen LogP contribution in [0, 0.1) is 0 Å². The number of carbonyl (C=O) groups is 2. The maximum absolute atomic E-state index is 11.8. The van der Waals surface area contributed by atoms with E-state index >= 15 is 0 Å². The average molecular weight is 277 g/mol. The minimum Gasteiger partial charge on any atom is -0.462 e. The molecule has 1 amide bonds. The number of nitrogens with two attached hydrogens (primary N) is 1. The summed E-state index contributed by atoms with van der Waals surface area (Å²) >= 11 is 0. The van der Waals surface area contributed by atoms with Crippen molar-refractivity contribution >= 4 is 23.3 Å². The van der Waals surface area contributed by atoms with Crippen LogP contribution >= 0.6 is 0 Å². The smallest absolute Gasteiger partial charge is 0.340 e. The molecule has 1 aliphatic heterocycles. The number of para-hydroxylation sites is 1. The Morgan fingerprint density at radius 2 is 2.30 bits per heavy atom. The first kappa shape index (κ1) is 14.2. The summed E-state index contributed by atoms with van der Waals surface area (Å²) in [4.78, 5) is 25.5. The van der Waals surface area contributed by atoms with Crippen molar-refractivity contribution in [3.8, 4) is 0 Å². The van der Waals surface area contributed by atoms with E-state index in [1.54, 1.807) is 19.1 Å². The molecule has 1 atom stereocenters. The third kappa shape index (κ3) is 2.54. The number of nitrogens with one attached hydrogen (secondary N) is 1. The van der Waals surface area contributed by atoms with Gasteiger partial charge in [-0.15, -0.1) is 0 Å². The summed E-state index contributed by atoms with van der Waals surface area (Å²) in [7, 11) is 0. The highest BCUT2D eigenvalue weighted by atomic mass is 16.5. The fraction of sp³-hybridized carbons (Fsp3) is 0.429. The van der Waals surface area contributed by atoms with E-state index in [0.29, 0.717) is 36.6 Å². The van der Waals surface area contributed by atoms with E-state index in [1.807, 2.05) is 17.9 Å². The minimum atomic E-state index is -0.444. The quantitative estimate of drug-likeness (QED) is 0.629. The van der Waals surface area contributed by atoms with Gasteiger partial charge in [0.05, 0.1) is 23.5 Å². The second kappa shape index (κ2) is 5.81. The first-order valence-electron chi connectivity index (χ1n) is 6.66. The van der Waals surface area contributed by atoms with Gasteiger partial charge in [0.1, 0.15) is 6.04 Å².